The summed E-state index contributed by atoms with van der Waals surface area (Å²) in [6, 6.07) is 1.29. The van der Waals surface area contributed by atoms with Crippen molar-refractivity contribution < 1.29 is 5.11 Å². The lowest BCUT2D eigenvalue weighted by Crippen LogP contribution is -2.30. The standard InChI is InChI=1S/C12H20N4O/c1-9-13-14-12(16(9)11-4-5-11)8-15(6-7-17)10-2-3-10/h10-11,17H,2-8H2,1H3. The second kappa shape index (κ2) is 4.38. The van der Waals surface area contributed by atoms with Gasteiger partial charge in [0, 0.05) is 18.6 Å². The fraction of sp³-hybridized carbons (Fsp3) is 0.833. The molecule has 17 heavy (non-hydrogen) atoms. The molecule has 0 unspecified atom stereocenters. The molecule has 0 amide bonds. The van der Waals surface area contributed by atoms with E-state index in [1.165, 1.54) is 25.7 Å². The van der Waals surface area contributed by atoms with E-state index < -0.39 is 0 Å². The molecule has 0 radical (unpaired) electrons. The van der Waals surface area contributed by atoms with Crippen molar-refractivity contribution in [1.29, 1.82) is 0 Å². The largest absolute Gasteiger partial charge is 0.395 e. The van der Waals surface area contributed by atoms with E-state index in [4.69, 9.17) is 5.11 Å². The van der Waals surface area contributed by atoms with Crippen LogP contribution in [-0.2, 0) is 6.54 Å². The molecule has 1 aromatic rings. The molecule has 2 fully saturated rings. The average molecular weight is 236 g/mol. The highest BCUT2D eigenvalue weighted by molar-refractivity contribution is 5.02. The molecule has 0 saturated heterocycles. The summed E-state index contributed by atoms with van der Waals surface area (Å²) in [6.45, 7) is 3.85. The second-order valence-corrected chi connectivity index (χ2v) is 5.19. The molecule has 5 heteroatoms. The van der Waals surface area contributed by atoms with Crippen LogP contribution in [0.4, 0.5) is 0 Å². The molecule has 2 saturated carbocycles. The normalized spacial score (nSPS) is 20.2. The van der Waals surface area contributed by atoms with Gasteiger partial charge in [0.25, 0.3) is 0 Å². The number of rotatable bonds is 6. The monoisotopic (exact) mass is 236 g/mol. The van der Waals surface area contributed by atoms with Gasteiger partial charge in [-0.2, -0.15) is 0 Å². The van der Waals surface area contributed by atoms with Gasteiger partial charge in [0.15, 0.2) is 0 Å². The number of aliphatic hydroxyl groups is 1. The van der Waals surface area contributed by atoms with Gasteiger partial charge in [0.1, 0.15) is 11.6 Å². The first-order chi connectivity index (χ1) is 8.29. The summed E-state index contributed by atoms with van der Waals surface area (Å²) >= 11 is 0. The van der Waals surface area contributed by atoms with Gasteiger partial charge in [0.2, 0.25) is 0 Å². The van der Waals surface area contributed by atoms with Gasteiger partial charge in [-0.25, -0.2) is 0 Å². The van der Waals surface area contributed by atoms with Gasteiger partial charge in [0.05, 0.1) is 13.2 Å². The molecule has 1 N–H and O–H groups in total. The Kier molecular flexibility index (Phi) is 2.88. The molecule has 94 valence electrons. The van der Waals surface area contributed by atoms with E-state index in [0.717, 1.165) is 24.7 Å². The highest BCUT2D eigenvalue weighted by Gasteiger charge is 2.32. The number of nitrogens with zero attached hydrogens (tertiary/aromatic N) is 4. The summed E-state index contributed by atoms with van der Waals surface area (Å²) in [5, 5.41) is 17.6. The van der Waals surface area contributed by atoms with Crippen LogP contribution in [0.15, 0.2) is 0 Å². The Bertz CT molecular complexity index is 395. The molecule has 2 aliphatic carbocycles. The van der Waals surface area contributed by atoms with Gasteiger partial charge in [-0.3, -0.25) is 4.90 Å². The zero-order valence-corrected chi connectivity index (χ0v) is 10.3. The Morgan fingerprint density at radius 2 is 2.06 bits per heavy atom. The molecule has 0 aromatic carbocycles. The number of aliphatic hydroxyl groups excluding tert-OH is 1. The molecule has 0 bridgehead atoms. The molecule has 1 aromatic heterocycles. The fourth-order valence-corrected chi connectivity index (χ4v) is 2.47. The third kappa shape index (κ3) is 2.35. The topological polar surface area (TPSA) is 54.2 Å². The first kappa shape index (κ1) is 11.2. The minimum atomic E-state index is 0.229. The summed E-state index contributed by atoms with van der Waals surface area (Å²) in [7, 11) is 0. The minimum absolute atomic E-state index is 0.229. The first-order valence-corrected chi connectivity index (χ1v) is 6.55. The molecular formula is C12H20N4O. The van der Waals surface area contributed by atoms with Crippen molar-refractivity contribution in [3.05, 3.63) is 11.6 Å². The second-order valence-electron chi connectivity index (χ2n) is 5.19. The van der Waals surface area contributed by atoms with Crippen LogP contribution in [0.5, 0.6) is 0 Å². The molecule has 3 rings (SSSR count). The summed E-state index contributed by atoms with van der Waals surface area (Å²) < 4.78 is 2.28. The zero-order valence-electron chi connectivity index (χ0n) is 10.3. The predicted octanol–water partition coefficient (Wildman–Crippen LogP) is 0.878. The summed E-state index contributed by atoms with van der Waals surface area (Å²) in [6.07, 6.45) is 5.04. The number of aryl methyl sites for hydroxylation is 1. The van der Waals surface area contributed by atoms with Crippen molar-refractivity contribution in [2.75, 3.05) is 13.2 Å². The van der Waals surface area contributed by atoms with E-state index in [-0.39, 0.29) is 6.61 Å². The SMILES string of the molecule is Cc1nnc(CN(CCO)C2CC2)n1C1CC1. The molecular weight excluding hydrogens is 216 g/mol. The predicted molar refractivity (Wildman–Crippen MR) is 63.5 cm³/mol. The molecule has 0 spiro atoms. The van der Waals surface area contributed by atoms with E-state index in [1.807, 2.05) is 6.92 Å². The van der Waals surface area contributed by atoms with Crippen molar-refractivity contribution in [3.8, 4) is 0 Å². The van der Waals surface area contributed by atoms with Crippen molar-refractivity contribution in [2.24, 2.45) is 0 Å². The fourth-order valence-electron chi connectivity index (χ4n) is 2.47. The van der Waals surface area contributed by atoms with E-state index >= 15 is 0 Å². The van der Waals surface area contributed by atoms with E-state index in [1.54, 1.807) is 0 Å². The van der Waals surface area contributed by atoms with Crippen LogP contribution in [0, 0.1) is 6.92 Å². The van der Waals surface area contributed by atoms with Crippen LogP contribution < -0.4 is 0 Å². The molecule has 1 heterocycles. The summed E-state index contributed by atoms with van der Waals surface area (Å²) in [4.78, 5) is 2.34. The van der Waals surface area contributed by atoms with Crippen LogP contribution in [0.3, 0.4) is 0 Å². The third-order valence-electron chi connectivity index (χ3n) is 3.64. The van der Waals surface area contributed by atoms with Gasteiger partial charge in [-0.05, 0) is 32.6 Å². The lowest BCUT2D eigenvalue weighted by molar-refractivity contribution is 0.178. The van der Waals surface area contributed by atoms with Crippen molar-refractivity contribution in [3.63, 3.8) is 0 Å². The van der Waals surface area contributed by atoms with Crippen LogP contribution in [0.25, 0.3) is 0 Å². The van der Waals surface area contributed by atoms with Crippen LogP contribution in [0.1, 0.15) is 43.4 Å². The van der Waals surface area contributed by atoms with Gasteiger partial charge in [-0.15, -0.1) is 10.2 Å². The van der Waals surface area contributed by atoms with E-state index in [0.29, 0.717) is 12.1 Å². The van der Waals surface area contributed by atoms with Crippen molar-refractivity contribution >= 4 is 0 Å². The van der Waals surface area contributed by atoms with Crippen molar-refractivity contribution in [2.45, 2.75) is 51.2 Å². The van der Waals surface area contributed by atoms with Crippen LogP contribution in [-0.4, -0.2) is 44.0 Å². The maximum Gasteiger partial charge on any atom is 0.147 e. The average Bonchev–Trinajstić information content (AvgIpc) is 3.19. The number of aromatic nitrogens is 3. The first-order valence-electron chi connectivity index (χ1n) is 6.55. The highest BCUT2D eigenvalue weighted by atomic mass is 16.3. The number of hydrogen-bond donors (Lipinski definition) is 1. The maximum absolute atomic E-state index is 9.10. The van der Waals surface area contributed by atoms with Gasteiger partial charge >= 0.3 is 0 Å². The van der Waals surface area contributed by atoms with Crippen LogP contribution in [0.2, 0.25) is 0 Å². The van der Waals surface area contributed by atoms with Gasteiger partial charge in [-0.1, -0.05) is 0 Å². The van der Waals surface area contributed by atoms with Crippen molar-refractivity contribution in [1.82, 2.24) is 19.7 Å². The minimum Gasteiger partial charge on any atom is -0.395 e. The third-order valence-corrected chi connectivity index (χ3v) is 3.64. The lowest BCUT2D eigenvalue weighted by Gasteiger charge is -2.20. The Labute approximate surface area is 101 Å². The van der Waals surface area contributed by atoms with E-state index in [2.05, 4.69) is 19.7 Å². The Morgan fingerprint density at radius 3 is 2.65 bits per heavy atom. The maximum atomic E-state index is 9.10. The Balaban J connectivity index is 1.74. The number of hydrogen-bond acceptors (Lipinski definition) is 4. The molecule has 2 aliphatic rings. The van der Waals surface area contributed by atoms with Crippen LogP contribution >= 0.6 is 0 Å². The molecule has 0 atom stereocenters. The smallest absolute Gasteiger partial charge is 0.147 e. The lowest BCUT2D eigenvalue weighted by atomic mass is 10.4. The quantitative estimate of drug-likeness (QED) is 0.796. The Morgan fingerprint density at radius 1 is 1.29 bits per heavy atom. The summed E-state index contributed by atoms with van der Waals surface area (Å²) in [5.74, 6) is 2.10. The summed E-state index contributed by atoms with van der Waals surface area (Å²) in [5.41, 5.74) is 0. The zero-order chi connectivity index (χ0) is 11.8. The molecule has 0 aliphatic heterocycles. The van der Waals surface area contributed by atoms with E-state index in [9.17, 15) is 0 Å². The Hall–Kier alpha value is -0.940. The highest BCUT2D eigenvalue weighted by Crippen LogP contribution is 2.37. The molecule has 5 nitrogen and oxygen atoms in total. The van der Waals surface area contributed by atoms with Gasteiger partial charge < -0.3 is 9.67 Å².